The van der Waals surface area contributed by atoms with Gasteiger partial charge in [-0.1, -0.05) is 0 Å². The number of carbonyl (C=O) groups excluding carboxylic acids is 1. The number of aryl methyl sites for hydroxylation is 1. The zero-order chi connectivity index (χ0) is 13.8. The Kier molecular flexibility index (Phi) is 4.80. The van der Waals surface area contributed by atoms with Crippen LogP contribution < -0.4 is 4.74 Å². The molecule has 0 radical (unpaired) electrons. The first kappa shape index (κ1) is 14.3. The maximum Gasteiger partial charge on any atom is 0.308 e. The monoisotopic (exact) mass is 327 g/mol. The highest BCUT2D eigenvalue weighted by Gasteiger charge is 2.28. The topological polar surface area (TPSA) is 48.4 Å². The van der Waals surface area contributed by atoms with Gasteiger partial charge in [-0.3, -0.25) is 4.79 Å². The summed E-state index contributed by atoms with van der Waals surface area (Å²) in [5.41, 5.74) is 0.917. The van der Waals surface area contributed by atoms with Crippen LogP contribution in [0.4, 0.5) is 0 Å². The zero-order valence-corrected chi connectivity index (χ0v) is 12.8. The Morgan fingerprint density at radius 3 is 2.58 bits per heavy atom. The smallest absolute Gasteiger partial charge is 0.308 e. The summed E-state index contributed by atoms with van der Waals surface area (Å²) in [6, 6.07) is 3.81. The fourth-order valence-electron chi connectivity index (χ4n) is 2.34. The molecule has 1 fully saturated rings. The van der Waals surface area contributed by atoms with E-state index in [1.165, 1.54) is 7.11 Å². The molecule has 104 valence electrons. The molecule has 0 unspecified atom stereocenters. The lowest BCUT2D eigenvalue weighted by molar-refractivity contribution is -0.147. The standard InChI is InChI=1S/C14H18BrNO3/c1-9-12(15)7-8-13(16-9)19-11-5-3-10(4-6-11)14(17)18-2/h7-8,10-11H,3-6H2,1-2H3/t10-,11+. The maximum absolute atomic E-state index is 11.4. The van der Waals surface area contributed by atoms with E-state index in [1.807, 2.05) is 19.1 Å². The molecule has 0 amide bonds. The molecule has 4 nitrogen and oxygen atoms in total. The first-order chi connectivity index (χ1) is 9.10. The number of halogens is 1. The van der Waals surface area contributed by atoms with Crippen molar-refractivity contribution < 1.29 is 14.3 Å². The summed E-state index contributed by atoms with van der Waals surface area (Å²) in [5, 5.41) is 0. The van der Waals surface area contributed by atoms with E-state index in [0.29, 0.717) is 5.88 Å². The molecule has 1 heterocycles. The van der Waals surface area contributed by atoms with Gasteiger partial charge in [-0.15, -0.1) is 0 Å². The summed E-state index contributed by atoms with van der Waals surface area (Å²) in [5.74, 6) is 0.586. The van der Waals surface area contributed by atoms with Crippen LogP contribution in [0.25, 0.3) is 0 Å². The number of nitrogens with zero attached hydrogens (tertiary/aromatic N) is 1. The van der Waals surface area contributed by atoms with Crippen molar-refractivity contribution in [2.45, 2.75) is 38.7 Å². The van der Waals surface area contributed by atoms with Crippen molar-refractivity contribution in [1.82, 2.24) is 4.98 Å². The Morgan fingerprint density at radius 1 is 1.32 bits per heavy atom. The lowest BCUT2D eigenvalue weighted by Gasteiger charge is -2.27. The van der Waals surface area contributed by atoms with Gasteiger partial charge in [-0.05, 0) is 54.6 Å². The third kappa shape index (κ3) is 3.69. The van der Waals surface area contributed by atoms with E-state index in [1.54, 1.807) is 0 Å². The zero-order valence-electron chi connectivity index (χ0n) is 11.2. The van der Waals surface area contributed by atoms with Crippen LogP contribution in [0.1, 0.15) is 31.4 Å². The van der Waals surface area contributed by atoms with Crippen LogP contribution in [0, 0.1) is 12.8 Å². The molecule has 0 aromatic carbocycles. The van der Waals surface area contributed by atoms with Crippen LogP contribution in [-0.4, -0.2) is 24.2 Å². The number of hydrogen-bond donors (Lipinski definition) is 0. The average molecular weight is 328 g/mol. The normalized spacial score (nSPS) is 22.9. The number of carbonyl (C=O) groups is 1. The highest BCUT2D eigenvalue weighted by atomic mass is 79.9. The molecule has 5 heteroatoms. The second kappa shape index (κ2) is 6.37. The maximum atomic E-state index is 11.4. The second-order valence-corrected chi connectivity index (χ2v) is 5.69. The molecule has 0 spiro atoms. The van der Waals surface area contributed by atoms with Crippen LogP contribution in [0.2, 0.25) is 0 Å². The lowest BCUT2D eigenvalue weighted by atomic mass is 9.87. The van der Waals surface area contributed by atoms with Crippen molar-refractivity contribution in [2.24, 2.45) is 5.92 Å². The van der Waals surface area contributed by atoms with Gasteiger partial charge in [-0.2, -0.15) is 0 Å². The number of esters is 1. The number of aromatic nitrogens is 1. The van der Waals surface area contributed by atoms with Crippen molar-refractivity contribution in [3.05, 3.63) is 22.3 Å². The number of rotatable bonds is 3. The van der Waals surface area contributed by atoms with Gasteiger partial charge in [0.1, 0.15) is 6.10 Å². The summed E-state index contributed by atoms with van der Waals surface area (Å²) < 4.78 is 11.6. The molecule has 0 N–H and O–H groups in total. The van der Waals surface area contributed by atoms with E-state index in [0.717, 1.165) is 35.8 Å². The highest BCUT2D eigenvalue weighted by molar-refractivity contribution is 9.10. The van der Waals surface area contributed by atoms with Gasteiger partial charge in [0.25, 0.3) is 0 Å². The van der Waals surface area contributed by atoms with Gasteiger partial charge in [0, 0.05) is 10.5 Å². The minimum Gasteiger partial charge on any atom is -0.474 e. The molecule has 1 aromatic rings. The van der Waals surface area contributed by atoms with Gasteiger partial charge in [0.15, 0.2) is 0 Å². The lowest BCUT2D eigenvalue weighted by Crippen LogP contribution is -2.28. The molecule has 2 rings (SSSR count). The highest BCUT2D eigenvalue weighted by Crippen LogP contribution is 2.28. The molecule has 0 saturated heterocycles. The second-order valence-electron chi connectivity index (χ2n) is 4.83. The Hall–Kier alpha value is -1.10. The van der Waals surface area contributed by atoms with Gasteiger partial charge >= 0.3 is 5.97 Å². The summed E-state index contributed by atoms with van der Waals surface area (Å²) in [7, 11) is 1.44. The first-order valence-corrected chi connectivity index (χ1v) is 7.27. The summed E-state index contributed by atoms with van der Waals surface area (Å²) >= 11 is 3.42. The number of ether oxygens (including phenoxy) is 2. The predicted octanol–water partition coefficient (Wildman–Crippen LogP) is 3.26. The van der Waals surface area contributed by atoms with Crippen molar-refractivity contribution in [3.8, 4) is 5.88 Å². The summed E-state index contributed by atoms with van der Waals surface area (Å²) in [6.45, 7) is 1.94. The van der Waals surface area contributed by atoms with Crippen molar-refractivity contribution in [2.75, 3.05) is 7.11 Å². The van der Waals surface area contributed by atoms with Crippen molar-refractivity contribution in [1.29, 1.82) is 0 Å². The molecule has 0 atom stereocenters. The quantitative estimate of drug-likeness (QED) is 0.799. The Morgan fingerprint density at radius 2 is 2.00 bits per heavy atom. The van der Waals surface area contributed by atoms with Gasteiger partial charge in [0.05, 0.1) is 18.7 Å². The molecule has 1 saturated carbocycles. The minimum absolute atomic E-state index is 0.0319. The van der Waals surface area contributed by atoms with E-state index in [-0.39, 0.29) is 18.0 Å². The van der Waals surface area contributed by atoms with Crippen LogP contribution in [-0.2, 0) is 9.53 Å². The van der Waals surface area contributed by atoms with Crippen molar-refractivity contribution >= 4 is 21.9 Å². The Bertz CT molecular complexity index is 456. The van der Waals surface area contributed by atoms with E-state index in [4.69, 9.17) is 9.47 Å². The molecule has 1 aliphatic rings. The van der Waals surface area contributed by atoms with E-state index in [2.05, 4.69) is 20.9 Å². The molecule has 1 aliphatic carbocycles. The predicted molar refractivity (Wildman–Crippen MR) is 75.1 cm³/mol. The first-order valence-electron chi connectivity index (χ1n) is 6.47. The van der Waals surface area contributed by atoms with Gasteiger partial charge in [-0.25, -0.2) is 4.98 Å². The number of pyridine rings is 1. The van der Waals surface area contributed by atoms with Crippen LogP contribution in [0.5, 0.6) is 5.88 Å². The third-order valence-corrected chi connectivity index (χ3v) is 4.33. The summed E-state index contributed by atoms with van der Waals surface area (Å²) in [6.07, 6.45) is 3.54. The van der Waals surface area contributed by atoms with E-state index in [9.17, 15) is 4.79 Å². The SMILES string of the molecule is COC(=O)[C@H]1CC[C@@H](Oc2ccc(Br)c(C)n2)CC1. The molecule has 19 heavy (non-hydrogen) atoms. The largest absolute Gasteiger partial charge is 0.474 e. The molecular formula is C14H18BrNO3. The number of hydrogen-bond acceptors (Lipinski definition) is 4. The van der Waals surface area contributed by atoms with E-state index < -0.39 is 0 Å². The average Bonchev–Trinajstić information content (AvgIpc) is 2.43. The summed E-state index contributed by atoms with van der Waals surface area (Å²) in [4.78, 5) is 15.8. The minimum atomic E-state index is -0.101. The fraction of sp³-hybridized carbons (Fsp3) is 0.571. The van der Waals surface area contributed by atoms with Gasteiger partial charge in [0.2, 0.25) is 5.88 Å². The van der Waals surface area contributed by atoms with E-state index >= 15 is 0 Å². The number of methoxy groups -OCH3 is 1. The fourth-order valence-corrected chi connectivity index (χ4v) is 2.56. The van der Waals surface area contributed by atoms with Crippen LogP contribution >= 0.6 is 15.9 Å². The van der Waals surface area contributed by atoms with Crippen molar-refractivity contribution in [3.63, 3.8) is 0 Å². The Balaban J connectivity index is 1.88. The molecule has 0 bridgehead atoms. The molecule has 1 aromatic heterocycles. The molecular weight excluding hydrogens is 310 g/mol. The van der Waals surface area contributed by atoms with Gasteiger partial charge < -0.3 is 9.47 Å². The van der Waals surface area contributed by atoms with Crippen LogP contribution in [0.3, 0.4) is 0 Å². The third-order valence-electron chi connectivity index (χ3n) is 3.49. The Labute approximate surface area is 121 Å². The van der Waals surface area contributed by atoms with Crippen LogP contribution in [0.15, 0.2) is 16.6 Å². The molecule has 0 aliphatic heterocycles.